The van der Waals surface area contributed by atoms with Crippen LogP contribution >= 0.6 is 0 Å². The number of ether oxygens (including phenoxy) is 1. The Morgan fingerprint density at radius 3 is 1.86 bits per heavy atom. The number of aromatic nitrogens is 2. The lowest BCUT2D eigenvalue weighted by atomic mass is 10.0. The van der Waals surface area contributed by atoms with Crippen LogP contribution in [0.2, 0.25) is 0 Å². The molecule has 0 aliphatic heterocycles. The fourth-order valence-electron chi connectivity index (χ4n) is 3.03. The van der Waals surface area contributed by atoms with Crippen LogP contribution in [0.1, 0.15) is 17.3 Å². The molecule has 4 rings (SSSR count). The van der Waals surface area contributed by atoms with Crippen molar-refractivity contribution in [3.05, 3.63) is 84.4 Å². The van der Waals surface area contributed by atoms with Crippen LogP contribution in [0.15, 0.2) is 78.9 Å². The monoisotopic (exact) mass is 382 g/mol. The molecule has 0 saturated carbocycles. The van der Waals surface area contributed by atoms with Gasteiger partial charge in [-0.05, 0) is 25.1 Å². The number of nitrogens with zero attached hydrogens (tertiary/aromatic N) is 2. The highest BCUT2D eigenvalue weighted by Crippen LogP contribution is 2.31. The molecule has 0 aliphatic carbocycles. The van der Waals surface area contributed by atoms with Crippen LogP contribution in [-0.4, -0.2) is 28.3 Å². The molecular formula is C24H18N2O3. The van der Waals surface area contributed by atoms with Crippen molar-refractivity contribution in [2.75, 3.05) is 6.61 Å². The largest absolute Gasteiger partial charge is 0.454 e. The summed E-state index contributed by atoms with van der Waals surface area (Å²) >= 11 is 0. The van der Waals surface area contributed by atoms with Gasteiger partial charge in [-0.25, -0.2) is 14.8 Å². The molecule has 0 amide bonds. The van der Waals surface area contributed by atoms with Crippen LogP contribution in [0.5, 0.6) is 0 Å². The molecule has 0 N–H and O–H groups in total. The van der Waals surface area contributed by atoms with Crippen molar-refractivity contribution >= 4 is 22.8 Å². The Bertz CT molecular complexity index is 1190. The summed E-state index contributed by atoms with van der Waals surface area (Å²) in [5.74, 6) is -0.768. The molecule has 0 saturated heterocycles. The van der Waals surface area contributed by atoms with Crippen LogP contribution in [0.3, 0.4) is 0 Å². The Hall–Kier alpha value is -3.86. The number of rotatable bonds is 5. The average Bonchev–Trinajstić information content (AvgIpc) is 2.77. The Morgan fingerprint density at radius 2 is 1.31 bits per heavy atom. The molecule has 0 spiro atoms. The van der Waals surface area contributed by atoms with Crippen LogP contribution in [0.4, 0.5) is 0 Å². The SMILES string of the molecule is CC(=O)COC(=O)c1ccc2nc(-c3ccccc3)c(-c3ccccc3)nc2c1. The van der Waals surface area contributed by atoms with Gasteiger partial charge in [0, 0.05) is 11.1 Å². The van der Waals surface area contributed by atoms with E-state index in [2.05, 4.69) is 0 Å². The molecule has 5 nitrogen and oxygen atoms in total. The number of hydrogen-bond donors (Lipinski definition) is 0. The first kappa shape index (κ1) is 18.5. The molecule has 0 fully saturated rings. The first-order valence-corrected chi connectivity index (χ1v) is 9.21. The third-order valence-electron chi connectivity index (χ3n) is 4.40. The summed E-state index contributed by atoms with van der Waals surface area (Å²) < 4.78 is 5.01. The van der Waals surface area contributed by atoms with E-state index in [0.29, 0.717) is 16.6 Å². The highest BCUT2D eigenvalue weighted by Gasteiger charge is 2.15. The molecule has 1 heterocycles. The zero-order valence-corrected chi connectivity index (χ0v) is 15.8. The van der Waals surface area contributed by atoms with Gasteiger partial charge in [0.15, 0.2) is 5.78 Å². The zero-order valence-electron chi connectivity index (χ0n) is 15.8. The van der Waals surface area contributed by atoms with Crippen molar-refractivity contribution in [2.45, 2.75) is 6.92 Å². The molecule has 0 aliphatic rings. The van der Waals surface area contributed by atoms with Crippen LogP contribution in [-0.2, 0) is 9.53 Å². The van der Waals surface area contributed by atoms with E-state index in [-0.39, 0.29) is 12.4 Å². The van der Waals surface area contributed by atoms with E-state index < -0.39 is 5.97 Å². The van der Waals surface area contributed by atoms with Gasteiger partial charge in [-0.3, -0.25) is 4.79 Å². The van der Waals surface area contributed by atoms with E-state index in [1.54, 1.807) is 18.2 Å². The molecule has 0 unspecified atom stereocenters. The van der Waals surface area contributed by atoms with Gasteiger partial charge in [-0.15, -0.1) is 0 Å². The maximum atomic E-state index is 12.2. The second-order valence-corrected chi connectivity index (χ2v) is 6.63. The second-order valence-electron chi connectivity index (χ2n) is 6.63. The van der Waals surface area contributed by atoms with E-state index in [4.69, 9.17) is 14.7 Å². The highest BCUT2D eigenvalue weighted by atomic mass is 16.5. The molecule has 5 heteroatoms. The Balaban J connectivity index is 1.85. The van der Waals surface area contributed by atoms with E-state index in [1.807, 2.05) is 60.7 Å². The smallest absolute Gasteiger partial charge is 0.338 e. The van der Waals surface area contributed by atoms with E-state index in [0.717, 1.165) is 22.5 Å². The fraction of sp³-hybridized carbons (Fsp3) is 0.0833. The Morgan fingerprint density at radius 1 is 0.759 bits per heavy atom. The highest BCUT2D eigenvalue weighted by molar-refractivity contribution is 5.96. The summed E-state index contributed by atoms with van der Waals surface area (Å²) in [5, 5.41) is 0. The van der Waals surface area contributed by atoms with Crippen LogP contribution in [0, 0.1) is 0 Å². The summed E-state index contributed by atoms with van der Waals surface area (Å²) in [6, 6.07) is 24.7. The molecule has 0 radical (unpaired) electrons. The second kappa shape index (κ2) is 8.02. The molecule has 1 aromatic heterocycles. The lowest BCUT2D eigenvalue weighted by molar-refractivity contribution is -0.120. The molecule has 29 heavy (non-hydrogen) atoms. The Kier molecular flexibility index (Phi) is 5.12. The predicted molar refractivity (Wildman–Crippen MR) is 111 cm³/mol. The van der Waals surface area contributed by atoms with Gasteiger partial charge in [0.25, 0.3) is 0 Å². The van der Waals surface area contributed by atoms with Crippen molar-refractivity contribution < 1.29 is 14.3 Å². The van der Waals surface area contributed by atoms with Gasteiger partial charge in [0.2, 0.25) is 0 Å². The zero-order chi connectivity index (χ0) is 20.2. The minimum Gasteiger partial charge on any atom is -0.454 e. The van der Waals surface area contributed by atoms with Crippen molar-refractivity contribution in [3.63, 3.8) is 0 Å². The molecule has 4 aromatic rings. The van der Waals surface area contributed by atoms with Gasteiger partial charge in [-0.2, -0.15) is 0 Å². The van der Waals surface area contributed by atoms with Crippen molar-refractivity contribution in [1.29, 1.82) is 0 Å². The molecule has 0 atom stereocenters. The molecule has 142 valence electrons. The third kappa shape index (κ3) is 4.04. The summed E-state index contributed by atoms with van der Waals surface area (Å²) in [4.78, 5) is 32.9. The first-order chi connectivity index (χ1) is 14.1. The predicted octanol–water partition coefficient (Wildman–Crippen LogP) is 4.71. The van der Waals surface area contributed by atoms with Crippen molar-refractivity contribution in [1.82, 2.24) is 9.97 Å². The number of esters is 1. The lowest BCUT2D eigenvalue weighted by Gasteiger charge is -2.11. The third-order valence-corrected chi connectivity index (χ3v) is 4.40. The van der Waals surface area contributed by atoms with E-state index in [9.17, 15) is 9.59 Å². The topological polar surface area (TPSA) is 69.2 Å². The van der Waals surface area contributed by atoms with Gasteiger partial charge in [0.05, 0.1) is 28.0 Å². The van der Waals surface area contributed by atoms with Gasteiger partial charge in [0.1, 0.15) is 6.61 Å². The first-order valence-electron chi connectivity index (χ1n) is 9.21. The number of carbonyl (C=O) groups is 2. The van der Waals surface area contributed by atoms with Crippen LogP contribution in [0.25, 0.3) is 33.5 Å². The number of ketones is 1. The van der Waals surface area contributed by atoms with Gasteiger partial charge >= 0.3 is 5.97 Å². The lowest BCUT2D eigenvalue weighted by Crippen LogP contribution is -2.11. The number of fused-ring (bicyclic) bond motifs is 1. The molecule has 0 bridgehead atoms. The summed E-state index contributed by atoms with van der Waals surface area (Å²) in [6.07, 6.45) is 0. The average molecular weight is 382 g/mol. The van der Waals surface area contributed by atoms with E-state index in [1.165, 1.54) is 6.92 Å². The quantitative estimate of drug-likeness (QED) is 0.468. The van der Waals surface area contributed by atoms with Crippen molar-refractivity contribution in [2.24, 2.45) is 0 Å². The van der Waals surface area contributed by atoms with E-state index >= 15 is 0 Å². The van der Waals surface area contributed by atoms with Gasteiger partial charge in [-0.1, -0.05) is 60.7 Å². The molecular weight excluding hydrogens is 364 g/mol. The normalized spacial score (nSPS) is 10.7. The van der Waals surface area contributed by atoms with Gasteiger partial charge < -0.3 is 4.74 Å². The number of Topliss-reactive ketones (excluding diaryl/α,β-unsaturated/α-hetero) is 1. The molecule has 3 aromatic carbocycles. The summed E-state index contributed by atoms with van der Waals surface area (Å²) in [5.41, 5.74) is 5.00. The maximum absolute atomic E-state index is 12.2. The Labute approximate surface area is 168 Å². The number of carbonyl (C=O) groups excluding carboxylic acids is 2. The number of hydrogen-bond acceptors (Lipinski definition) is 5. The minimum atomic E-state index is -0.558. The fourth-order valence-corrected chi connectivity index (χ4v) is 3.03. The minimum absolute atomic E-state index is 0.210. The summed E-state index contributed by atoms with van der Waals surface area (Å²) in [7, 11) is 0. The number of benzene rings is 3. The van der Waals surface area contributed by atoms with Crippen LogP contribution < -0.4 is 0 Å². The maximum Gasteiger partial charge on any atom is 0.338 e. The van der Waals surface area contributed by atoms with Crippen molar-refractivity contribution in [3.8, 4) is 22.5 Å². The summed E-state index contributed by atoms with van der Waals surface area (Å²) in [6.45, 7) is 1.13. The standard InChI is InChI=1S/C24H18N2O3/c1-16(27)15-29-24(28)19-12-13-20-21(14-19)26-23(18-10-6-3-7-11-18)22(25-20)17-8-4-2-5-9-17/h2-14H,15H2,1H3.